The van der Waals surface area contributed by atoms with E-state index in [1.54, 1.807) is 11.0 Å². The van der Waals surface area contributed by atoms with Crippen molar-refractivity contribution >= 4 is 17.5 Å². The molecule has 0 saturated carbocycles. The number of aromatic nitrogens is 2. The van der Waals surface area contributed by atoms with Crippen LogP contribution in [0.5, 0.6) is 0 Å². The van der Waals surface area contributed by atoms with E-state index in [4.69, 9.17) is 0 Å². The molecule has 3 rings (SSSR count). The van der Waals surface area contributed by atoms with E-state index in [-0.39, 0.29) is 29.7 Å². The third kappa shape index (κ3) is 3.82. The van der Waals surface area contributed by atoms with Gasteiger partial charge in [-0.25, -0.2) is 4.68 Å². The molecule has 0 bridgehead atoms. The third-order valence-corrected chi connectivity index (χ3v) is 4.71. The molecule has 7 heteroatoms. The van der Waals surface area contributed by atoms with E-state index in [0.717, 1.165) is 11.3 Å². The number of rotatable bonds is 5. The molecule has 26 heavy (non-hydrogen) atoms. The molecule has 1 saturated heterocycles. The van der Waals surface area contributed by atoms with Crippen molar-refractivity contribution in [3.63, 3.8) is 0 Å². The van der Waals surface area contributed by atoms with Crippen LogP contribution < -0.4 is 15.8 Å². The number of benzene rings is 1. The zero-order chi connectivity index (χ0) is 18.7. The minimum absolute atomic E-state index is 0.0469. The van der Waals surface area contributed by atoms with Gasteiger partial charge in [0.2, 0.25) is 11.8 Å². The monoisotopic (exact) mass is 354 g/mol. The Morgan fingerprint density at radius 3 is 2.77 bits per heavy atom. The standard InChI is InChI=1S/C19H22N4O3/c1-13-5-6-16(10-14(13)2)22-12-15(11-18(22)25)19(26)20-8-9-23-17(24)4-3-7-21-23/h3-7,10,15H,8-9,11-12H2,1-2H3,(H,20,26)/t15-/m0/s1. The van der Waals surface area contributed by atoms with Crippen LogP contribution in [0, 0.1) is 19.8 Å². The Labute approximate surface area is 151 Å². The largest absolute Gasteiger partial charge is 0.354 e. The van der Waals surface area contributed by atoms with Crippen molar-refractivity contribution < 1.29 is 9.59 Å². The van der Waals surface area contributed by atoms with Crippen LogP contribution in [0.3, 0.4) is 0 Å². The molecule has 0 aliphatic carbocycles. The summed E-state index contributed by atoms with van der Waals surface area (Å²) in [5.74, 6) is -0.604. The molecule has 1 atom stereocenters. The highest BCUT2D eigenvalue weighted by atomic mass is 16.2. The summed E-state index contributed by atoms with van der Waals surface area (Å²) in [6.45, 7) is 4.99. The van der Waals surface area contributed by atoms with Crippen molar-refractivity contribution in [2.75, 3.05) is 18.0 Å². The zero-order valence-corrected chi connectivity index (χ0v) is 14.9. The topological polar surface area (TPSA) is 84.3 Å². The second kappa shape index (κ2) is 7.51. The quantitative estimate of drug-likeness (QED) is 0.869. The van der Waals surface area contributed by atoms with Crippen LogP contribution in [-0.4, -0.2) is 34.7 Å². The van der Waals surface area contributed by atoms with Crippen molar-refractivity contribution in [2.24, 2.45) is 5.92 Å². The van der Waals surface area contributed by atoms with Gasteiger partial charge in [0.25, 0.3) is 5.56 Å². The molecule has 1 aliphatic rings. The number of anilines is 1. The van der Waals surface area contributed by atoms with Crippen LogP contribution in [0.1, 0.15) is 17.5 Å². The first-order chi connectivity index (χ1) is 12.5. The Morgan fingerprint density at radius 1 is 1.23 bits per heavy atom. The Balaban J connectivity index is 1.57. The fourth-order valence-corrected chi connectivity index (χ4v) is 3.01. The van der Waals surface area contributed by atoms with Crippen LogP contribution in [0.4, 0.5) is 5.69 Å². The fraction of sp³-hybridized carbons (Fsp3) is 0.368. The molecule has 1 aromatic carbocycles. The molecule has 0 radical (unpaired) electrons. The number of nitrogens with one attached hydrogen (secondary N) is 1. The maximum absolute atomic E-state index is 12.4. The van der Waals surface area contributed by atoms with E-state index in [1.807, 2.05) is 32.0 Å². The van der Waals surface area contributed by atoms with Gasteiger partial charge in [0.1, 0.15) is 0 Å². The van der Waals surface area contributed by atoms with Gasteiger partial charge in [0, 0.05) is 37.5 Å². The molecule has 1 N–H and O–H groups in total. The second-order valence-electron chi connectivity index (χ2n) is 6.55. The highest BCUT2D eigenvalue weighted by Crippen LogP contribution is 2.26. The average molecular weight is 354 g/mol. The van der Waals surface area contributed by atoms with Crippen LogP contribution in [-0.2, 0) is 16.1 Å². The van der Waals surface area contributed by atoms with Crippen molar-refractivity contribution in [3.8, 4) is 0 Å². The molecule has 2 aromatic rings. The summed E-state index contributed by atoms with van der Waals surface area (Å²) in [7, 11) is 0. The number of carbonyl (C=O) groups excluding carboxylic acids is 2. The Morgan fingerprint density at radius 2 is 2.04 bits per heavy atom. The number of nitrogens with zero attached hydrogens (tertiary/aromatic N) is 3. The summed E-state index contributed by atoms with van der Waals surface area (Å²) >= 11 is 0. The molecule has 2 amide bonds. The van der Waals surface area contributed by atoms with Gasteiger partial charge in [-0.05, 0) is 43.2 Å². The van der Waals surface area contributed by atoms with E-state index >= 15 is 0 Å². The van der Waals surface area contributed by atoms with Gasteiger partial charge in [-0.2, -0.15) is 5.10 Å². The summed E-state index contributed by atoms with van der Waals surface area (Å²) in [6.07, 6.45) is 1.72. The van der Waals surface area contributed by atoms with Crippen molar-refractivity contribution in [1.29, 1.82) is 0 Å². The second-order valence-corrected chi connectivity index (χ2v) is 6.55. The molecule has 7 nitrogen and oxygen atoms in total. The number of aryl methyl sites for hydroxylation is 2. The summed E-state index contributed by atoms with van der Waals surface area (Å²) in [5.41, 5.74) is 2.90. The highest BCUT2D eigenvalue weighted by Gasteiger charge is 2.35. The van der Waals surface area contributed by atoms with Gasteiger partial charge in [0.15, 0.2) is 0 Å². The summed E-state index contributed by atoms with van der Waals surface area (Å²) in [4.78, 5) is 37.9. The Kier molecular flexibility index (Phi) is 5.16. The molecular formula is C19H22N4O3. The smallest absolute Gasteiger partial charge is 0.266 e. The molecule has 0 spiro atoms. The van der Waals surface area contributed by atoms with Crippen molar-refractivity contribution in [2.45, 2.75) is 26.8 Å². The Hall–Kier alpha value is -2.96. The van der Waals surface area contributed by atoms with Crippen LogP contribution in [0.2, 0.25) is 0 Å². The normalized spacial score (nSPS) is 16.8. The van der Waals surface area contributed by atoms with E-state index in [0.29, 0.717) is 19.6 Å². The summed E-state index contributed by atoms with van der Waals surface area (Å²) in [6, 6.07) is 8.86. The van der Waals surface area contributed by atoms with E-state index < -0.39 is 0 Å². The van der Waals surface area contributed by atoms with Gasteiger partial charge < -0.3 is 10.2 Å². The van der Waals surface area contributed by atoms with Crippen LogP contribution in [0.25, 0.3) is 0 Å². The van der Waals surface area contributed by atoms with Gasteiger partial charge in [0.05, 0.1) is 12.5 Å². The molecule has 1 aliphatic heterocycles. The van der Waals surface area contributed by atoms with Crippen molar-refractivity contribution in [3.05, 3.63) is 58.0 Å². The number of carbonyl (C=O) groups is 2. The SMILES string of the molecule is Cc1ccc(N2C[C@@H](C(=O)NCCn3ncccc3=O)CC2=O)cc1C. The molecular weight excluding hydrogens is 332 g/mol. The number of amides is 2. The van der Waals surface area contributed by atoms with E-state index in [2.05, 4.69) is 10.4 Å². The first-order valence-electron chi connectivity index (χ1n) is 8.63. The average Bonchev–Trinajstić information content (AvgIpc) is 3.01. The maximum Gasteiger partial charge on any atom is 0.266 e. The summed E-state index contributed by atoms with van der Waals surface area (Å²) < 4.78 is 1.29. The van der Waals surface area contributed by atoms with Crippen LogP contribution >= 0.6 is 0 Å². The first kappa shape index (κ1) is 17.8. The maximum atomic E-state index is 12.4. The number of hydrogen-bond acceptors (Lipinski definition) is 4. The van der Waals surface area contributed by atoms with Gasteiger partial charge >= 0.3 is 0 Å². The third-order valence-electron chi connectivity index (χ3n) is 4.71. The van der Waals surface area contributed by atoms with Crippen LogP contribution in [0.15, 0.2) is 41.3 Å². The number of hydrogen-bond donors (Lipinski definition) is 1. The van der Waals surface area contributed by atoms with E-state index in [9.17, 15) is 14.4 Å². The predicted octanol–water partition coefficient (Wildman–Crippen LogP) is 1.03. The van der Waals surface area contributed by atoms with Crippen molar-refractivity contribution in [1.82, 2.24) is 15.1 Å². The molecule has 2 heterocycles. The predicted molar refractivity (Wildman–Crippen MR) is 97.9 cm³/mol. The molecule has 1 aromatic heterocycles. The lowest BCUT2D eigenvalue weighted by Gasteiger charge is -2.18. The lowest BCUT2D eigenvalue weighted by atomic mass is 10.1. The fourth-order valence-electron chi connectivity index (χ4n) is 3.01. The minimum Gasteiger partial charge on any atom is -0.354 e. The highest BCUT2D eigenvalue weighted by molar-refractivity contribution is 6.00. The van der Waals surface area contributed by atoms with Gasteiger partial charge in [-0.1, -0.05) is 6.07 Å². The minimum atomic E-state index is -0.385. The molecule has 0 unspecified atom stereocenters. The zero-order valence-electron chi connectivity index (χ0n) is 14.9. The van der Waals surface area contributed by atoms with E-state index in [1.165, 1.54) is 22.5 Å². The van der Waals surface area contributed by atoms with Gasteiger partial charge in [-0.15, -0.1) is 0 Å². The Bertz CT molecular complexity index is 890. The van der Waals surface area contributed by atoms with Gasteiger partial charge in [-0.3, -0.25) is 14.4 Å². The first-order valence-corrected chi connectivity index (χ1v) is 8.63. The molecule has 1 fully saturated rings. The lowest BCUT2D eigenvalue weighted by Crippen LogP contribution is -2.36. The molecule has 136 valence electrons. The summed E-state index contributed by atoms with van der Waals surface area (Å²) in [5, 5.41) is 6.74. The lowest BCUT2D eigenvalue weighted by molar-refractivity contribution is -0.126.